The molecule has 1 aromatic heterocycles. The Balaban J connectivity index is 1.59. The summed E-state index contributed by atoms with van der Waals surface area (Å²) in [6.07, 6.45) is 1.85. The van der Waals surface area contributed by atoms with Crippen molar-refractivity contribution in [3.05, 3.63) is 48.2 Å². The second kappa shape index (κ2) is 7.36. The number of carbonyl (C=O) groups excluding carboxylic acids is 1. The summed E-state index contributed by atoms with van der Waals surface area (Å²) in [5.74, 6) is 0.580. The minimum Gasteiger partial charge on any atom is -0.368 e. The number of nitrogens with zero attached hydrogens (tertiary/aromatic N) is 3. The van der Waals surface area contributed by atoms with Crippen molar-refractivity contribution >= 4 is 23.1 Å². The number of aromatic nitrogens is 1. The van der Waals surface area contributed by atoms with Gasteiger partial charge in [0.05, 0.1) is 11.9 Å². The van der Waals surface area contributed by atoms with Gasteiger partial charge in [-0.05, 0) is 36.8 Å². The van der Waals surface area contributed by atoms with E-state index in [0.29, 0.717) is 5.82 Å². The van der Waals surface area contributed by atoms with Crippen LogP contribution in [-0.2, 0) is 4.79 Å². The van der Waals surface area contributed by atoms with Gasteiger partial charge in [-0.3, -0.25) is 4.79 Å². The first-order valence-corrected chi connectivity index (χ1v) is 9.17. The molecule has 5 heteroatoms. The van der Waals surface area contributed by atoms with E-state index in [0.717, 1.165) is 31.9 Å². The quantitative estimate of drug-likeness (QED) is 0.915. The SMILES string of the molecule is Cc1cccc(N2CCN(c3ccc(NC(=O)C(C)(C)C)nc3)CC2)c1. The number of carbonyl (C=O) groups is 1. The molecule has 1 amide bonds. The van der Waals surface area contributed by atoms with E-state index in [1.165, 1.54) is 11.3 Å². The highest BCUT2D eigenvalue weighted by Gasteiger charge is 2.22. The second-order valence-electron chi connectivity index (χ2n) is 7.92. The van der Waals surface area contributed by atoms with Gasteiger partial charge >= 0.3 is 0 Å². The Hall–Kier alpha value is -2.56. The molecule has 1 saturated heterocycles. The largest absolute Gasteiger partial charge is 0.368 e. The maximum Gasteiger partial charge on any atom is 0.230 e. The van der Waals surface area contributed by atoms with Crippen LogP contribution in [0.15, 0.2) is 42.6 Å². The zero-order chi connectivity index (χ0) is 18.7. The van der Waals surface area contributed by atoms with Gasteiger partial charge in [0.15, 0.2) is 0 Å². The van der Waals surface area contributed by atoms with E-state index in [9.17, 15) is 4.79 Å². The first-order valence-electron chi connectivity index (χ1n) is 9.17. The van der Waals surface area contributed by atoms with Crippen LogP contribution in [0.1, 0.15) is 26.3 Å². The van der Waals surface area contributed by atoms with E-state index in [1.54, 1.807) is 0 Å². The summed E-state index contributed by atoms with van der Waals surface area (Å²) < 4.78 is 0. The minimum atomic E-state index is -0.424. The standard InChI is InChI=1S/C21H28N4O/c1-16-6-5-7-17(14-16)24-10-12-25(13-11-24)18-8-9-19(22-15-18)23-20(26)21(2,3)4/h5-9,14-15H,10-13H2,1-4H3,(H,22,23,26). The minimum absolute atomic E-state index is 0.0236. The third kappa shape index (κ3) is 4.34. The molecular weight excluding hydrogens is 324 g/mol. The molecule has 1 fully saturated rings. The molecule has 26 heavy (non-hydrogen) atoms. The molecule has 0 saturated carbocycles. The van der Waals surface area contributed by atoms with Crippen molar-refractivity contribution in [1.29, 1.82) is 0 Å². The molecule has 0 bridgehead atoms. The Kier molecular flexibility index (Phi) is 5.16. The van der Waals surface area contributed by atoms with Crippen LogP contribution in [0.5, 0.6) is 0 Å². The summed E-state index contributed by atoms with van der Waals surface area (Å²) in [4.78, 5) is 21.2. The van der Waals surface area contributed by atoms with Crippen molar-refractivity contribution in [2.45, 2.75) is 27.7 Å². The Morgan fingerprint density at radius 1 is 1.00 bits per heavy atom. The lowest BCUT2D eigenvalue weighted by atomic mass is 9.96. The van der Waals surface area contributed by atoms with Crippen molar-refractivity contribution < 1.29 is 4.79 Å². The summed E-state index contributed by atoms with van der Waals surface area (Å²) in [6, 6.07) is 12.6. The van der Waals surface area contributed by atoms with Crippen LogP contribution in [0.3, 0.4) is 0 Å². The summed E-state index contributed by atoms with van der Waals surface area (Å²) in [7, 11) is 0. The van der Waals surface area contributed by atoms with E-state index in [4.69, 9.17) is 0 Å². The molecule has 0 unspecified atom stereocenters. The lowest BCUT2D eigenvalue weighted by molar-refractivity contribution is -0.123. The zero-order valence-corrected chi connectivity index (χ0v) is 16.1. The number of benzene rings is 1. The predicted molar refractivity (Wildman–Crippen MR) is 108 cm³/mol. The Morgan fingerprint density at radius 2 is 1.65 bits per heavy atom. The van der Waals surface area contributed by atoms with Gasteiger partial charge in [-0.15, -0.1) is 0 Å². The molecule has 1 N–H and O–H groups in total. The van der Waals surface area contributed by atoms with E-state index >= 15 is 0 Å². The van der Waals surface area contributed by atoms with Crippen LogP contribution in [0.4, 0.5) is 17.2 Å². The summed E-state index contributed by atoms with van der Waals surface area (Å²) in [5.41, 5.74) is 3.26. The molecule has 0 spiro atoms. The molecule has 2 aromatic rings. The van der Waals surface area contributed by atoms with Gasteiger partial charge in [-0.1, -0.05) is 32.9 Å². The number of aryl methyl sites for hydroxylation is 1. The molecule has 2 heterocycles. The first kappa shape index (κ1) is 18.2. The highest BCUT2D eigenvalue weighted by Crippen LogP contribution is 2.22. The van der Waals surface area contributed by atoms with Crippen LogP contribution >= 0.6 is 0 Å². The van der Waals surface area contributed by atoms with Crippen LogP contribution in [0.25, 0.3) is 0 Å². The van der Waals surface area contributed by atoms with E-state index in [1.807, 2.05) is 39.1 Å². The zero-order valence-electron chi connectivity index (χ0n) is 16.1. The fourth-order valence-corrected chi connectivity index (χ4v) is 3.00. The summed E-state index contributed by atoms with van der Waals surface area (Å²) >= 11 is 0. The number of piperazine rings is 1. The molecule has 0 radical (unpaired) electrons. The lowest BCUT2D eigenvalue weighted by Crippen LogP contribution is -2.46. The average Bonchev–Trinajstić information content (AvgIpc) is 2.62. The van der Waals surface area contributed by atoms with E-state index < -0.39 is 5.41 Å². The van der Waals surface area contributed by atoms with Crippen LogP contribution in [-0.4, -0.2) is 37.1 Å². The normalized spacial score (nSPS) is 15.1. The maximum absolute atomic E-state index is 12.0. The highest BCUT2D eigenvalue weighted by molar-refractivity contribution is 5.93. The Labute approximate surface area is 156 Å². The molecule has 3 rings (SSSR count). The van der Waals surface area contributed by atoms with Gasteiger partial charge < -0.3 is 15.1 Å². The molecule has 1 aromatic carbocycles. The molecule has 1 aliphatic heterocycles. The van der Waals surface area contributed by atoms with Crippen molar-refractivity contribution in [3.8, 4) is 0 Å². The molecule has 5 nitrogen and oxygen atoms in total. The highest BCUT2D eigenvalue weighted by atomic mass is 16.2. The van der Waals surface area contributed by atoms with Crippen molar-refractivity contribution in [1.82, 2.24) is 4.98 Å². The van der Waals surface area contributed by atoms with Crippen molar-refractivity contribution in [2.24, 2.45) is 5.41 Å². The van der Waals surface area contributed by atoms with Gasteiger partial charge in [0.2, 0.25) is 5.91 Å². The number of rotatable bonds is 3. The van der Waals surface area contributed by atoms with E-state index in [-0.39, 0.29) is 5.91 Å². The second-order valence-corrected chi connectivity index (χ2v) is 7.92. The average molecular weight is 352 g/mol. The van der Waals surface area contributed by atoms with Gasteiger partial charge in [0.25, 0.3) is 0 Å². The monoisotopic (exact) mass is 352 g/mol. The molecule has 0 atom stereocenters. The fourth-order valence-electron chi connectivity index (χ4n) is 3.00. The number of nitrogens with one attached hydrogen (secondary N) is 1. The third-order valence-corrected chi connectivity index (χ3v) is 4.68. The van der Waals surface area contributed by atoms with Gasteiger partial charge in [-0.25, -0.2) is 4.98 Å². The number of anilines is 3. The van der Waals surface area contributed by atoms with Crippen LogP contribution in [0, 0.1) is 12.3 Å². The number of hydrogen-bond acceptors (Lipinski definition) is 4. The number of hydrogen-bond donors (Lipinski definition) is 1. The smallest absolute Gasteiger partial charge is 0.230 e. The Bertz CT molecular complexity index is 756. The van der Waals surface area contributed by atoms with E-state index in [2.05, 4.69) is 51.3 Å². The van der Waals surface area contributed by atoms with Crippen molar-refractivity contribution in [3.63, 3.8) is 0 Å². The third-order valence-electron chi connectivity index (χ3n) is 4.68. The van der Waals surface area contributed by atoms with Crippen LogP contribution in [0.2, 0.25) is 0 Å². The van der Waals surface area contributed by atoms with Crippen LogP contribution < -0.4 is 15.1 Å². The lowest BCUT2D eigenvalue weighted by Gasteiger charge is -2.37. The predicted octanol–water partition coefficient (Wildman–Crippen LogP) is 3.70. The first-order chi connectivity index (χ1) is 12.3. The van der Waals surface area contributed by atoms with Crippen molar-refractivity contribution in [2.75, 3.05) is 41.3 Å². The molecule has 138 valence electrons. The molecular formula is C21H28N4O. The molecule has 1 aliphatic rings. The number of amides is 1. The number of pyridine rings is 1. The molecule has 0 aliphatic carbocycles. The summed E-state index contributed by atoms with van der Waals surface area (Å²) in [6.45, 7) is 11.7. The summed E-state index contributed by atoms with van der Waals surface area (Å²) in [5, 5.41) is 2.87. The van der Waals surface area contributed by atoms with Gasteiger partial charge in [0.1, 0.15) is 5.82 Å². The Morgan fingerprint density at radius 3 is 2.19 bits per heavy atom. The van der Waals surface area contributed by atoms with Gasteiger partial charge in [-0.2, -0.15) is 0 Å². The topological polar surface area (TPSA) is 48.5 Å². The fraction of sp³-hybridized carbons (Fsp3) is 0.429. The van der Waals surface area contributed by atoms with Gasteiger partial charge in [0, 0.05) is 37.3 Å². The maximum atomic E-state index is 12.0.